The van der Waals surface area contributed by atoms with Crippen molar-refractivity contribution in [3.63, 3.8) is 0 Å². The number of hydrogen-bond acceptors (Lipinski definition) is 4. The van der Waals surface area contributed by atoms with Gasteiger partial charge in [0.2, 0.25) is 0 Å². The predicted molar refractivity (Wildman–Crippen MR) is 75.1 cm³/mol. The molecular weight excluding hydrogens is 242 g/mol. The molecule has 5 nitrogen and oxygen atoms in total. The zero-order chi connectivity index (χ0) is 14.4. The maximum Gasteiger partial charge on any atom is 0.273 e. The summed E-state index contributed by atoms with van der Waals surface area (Å²) in [5.74, 6) is 1.05. The van der Waals surface area contributed by atoms with Gasteiger partial charge in [-0.2, -0.15) is 0 Å². The minimum atomic E-state index is -0.168. The van der Waals surface area contributed by atoms with Crippen LogP contribution in [0.1, 0.15) is 43.9 Å². The van der Waals surface area contributed by atoms with Crippen LogP contribution in [-0.2, 0) is 6.42 Å². The molecule has 0 aliphatic rings. The second kappa shape index (κ2) is 7.28. The Balaban J connectivity index is 2.56. The minimum Gasteiger partial charge on any atom is -0.361 e. The Hall–Kier alpha value is -1.36. The molecule has 0 spiro atoms. The first-order valence-electron chi connectivity index (χ1n) is 6.93. The van der Waals surface area contributed by atoms with Crippen LogP contribution in [0.15, 0.2) is 10.6 Å². The number of carbonyl (C=O) groups excluding carboxylic acids is 1. The molecule has 1 rings (SSSR count). The van der Waals surface area contributed by atoms with Gasteiger partial charge >= 0.3 is 0 Å². The van der Waals surface area contributed by atoms with E-state index in [1.54, 1.807) is 6.07 Å². The number of carbonyl (C=O) groups is 1. The summed E-state index contributed by atoms with van der Waals surface area (Å²) < 4.78 is 5.04. The molecule has 19 heavy (non-hydrogen) atoms. The molecule has 108 valence electrons. The van der Waals surface area contributed by atoms with Crippen molar-refractivity contribution in [3.8, 4) is 0 Å². The SMILES string of the molecule is CCc1cc(C(=O)NCC(C(C)C)N(C)CC)no1. The van der Waals surface area contributed by atoms with Gasteiger partial charge in [0.25, 0.3) is 5.91 Å². The van der Waals surface area contributed by atoms with Crippen molar-refractivity contribution >= 4 is 5.91 Å². The molecule has 0 aliphatic heterocycles. The highest BCUT2D eigenvalue weighted by atomic mass is 16.5. The van der Waals surface area contributed by atoms with E-state index < -0.39 is 0 Å². The summed E-state index contributed by atoms with van der Waals surface area (Å²) in [6.45, 7) is 9.98. The Morgan fingerprint density at radius 2 is 2.16 bits per heavy atom. The van der Waals surface area contributed by atoms with Gasteiger partial charge in [-0.15, -0.1) is 0 Å². The van der Waals surface area contributed by atoms with Gasteiger partial charge < -0.3 is 14.7 Å². The fourth-order valence-electron chi connectivity index (χ4n) is 2.01. The lowest BCUT2D eigenvalue weighted by Gasteiger charge is -2.30. The van der Waals surface area contributed by atoms with Crippen LogP contribution in [0.4, 0.5) is 0 Å². The van der Waals surface area contributed by atoms with E-state index in [4.69, 9.17) is 4.52 Å². The first kappa shape index (κ1) is 15.7. The van der Waals surface area contributed by atoms with Crippen molar-refractivity contribution in [3.05, 3.63) is 17.5 Å². The number of hydrogen-bond donors (Lipinski definition) is 1. The average molecular weight is 267 g/mol. The van der Waals surface area contributed by atoms with Crippen LogP contribution >= 0.6 is 0 Å². The van der Waals surface area contributed by atoms with E-state index >= 15 is 0 Å². The van der Waals surface area contributed by atoms with Crippen molar-refractivity contribution in [2.24, 2.45) is 5.92 Å². The largest absolute Gasteiger partial charge is 0.361 e. The fraction of sp³-hybridized carbons (Fsp3) is 0.714. The predicted octanol–water partition coefficient (Wildman–Crippen LogP) is 1.94. The molecule has 1 atom stereocenters. The molecule has 0 bridgehead atoms. The number of aryl methyl sites for hydroxylation is 1. The first-order chi connectivity index (χ1) is 8.99. The number of rotatable bonds is 7. The van der Waals surface area contributed by atoms with Gasteiger partial charge in [-0.05, 0) is 19.5 Å². The number of nitrogens with one attached hydrogen (secondary N) is 1. The monoisotopic (exact) mass is 267 g/mol. The molecule has 0 saturated carbocycles. The Morgan fingerprint density at radius 3 is 2.63 bits per heavy atom. The normalized spacial score (nSPS) is 13.0. The zero-order valence-corrected chi connectivity index (χ0v) is 12.6. The maximum absolute atomic E-state index is 12.0. The third-order valence-electron chi connectivity index (χ3n) is 3.45. The molecule has 0 aromatic carbocycles. The molecule has 1 N–H and O–H groups in total. The minimum absolute atomic E-state index is 0.168. The topological polar surface area (TPSA) is 58.4 Å². The molecule has 5 heteroatoms. The van der Waals surface area contributed by atoms with Crippen LogP contribution in [0, 0.1) is 5.92 Å². The number of nitrogens with zero attached hydrogens (tertiary/aromatic N) is 2. The van der Waals surface area contributed by atoms with Crippen LogP contribution < -0.4 is 5.32 Å². The third-order valence-corrected chi connectivity index (χ3v) is 3.45. The van der Waals surface area contributed by atoms with Crippen molar-refractivity contribution in [1.82, 2.24) is 15.4 Å². The lowest BCUT2D eigenvalue weighted by atomic mass is 10.0. The van der Waals surface area contributed by atoms with Crippen molar-refractivity contribution in [2.75, 3.05) is 20.1 Å². The van der Waals surface area contributed by atoms with Gasteiger partial charge in [0.15, 0.2) is 5.69 Å². The Bertz CT molecular complexity index is 401. The van der Waals surface area contributed by atoms with Gasteiger partial charge in [0.1, 0.15) is 5.76 Å². The summed E-state index contributed by atoms with van der Waals surface area (Å²) in [5.41, 5.74) is 0.360. The summed E-state index contributed by atoms with van der Waals surface area (Å²) in [6.07, 6.45) is 0.744. The maximum atomic E-state index is 12.0. The Labute approximate surface area is 115 Å². The first-order valence-corrected chi connectivity index (χ1v) is 6.93. The Morgan fingerprint density at radius 1 is 1.47 bits per heavy atom. The van der Waals surface area contributed by atoms with Gasteiger partial charge in [-0.25, -0.2) is 0 Å². The zero-order valence-electron chi connectivity index (χ0n) is 12.6. The van der Waals surface area contributed by atoms with Crippen molar-refractivity contribution in [2.45, 2.75) is 40.2 Å². The average Bonchev–Trinajstić information content (AvgIpc) is 2.86. The second-order valence-electron chi connectivity index (χ2n) is 5.13. The highest BCUT2D eigenvalue weighted by Gasteiger charge is 2.19. The lowest BCUT2D eigenvalue weighted by Crippen LogP contribution is -2.45. The molecule has 0 fully saturated rings. The van der Waals surface area contributed by atoms with Crippen LogP contribution in [0.2, 0.25) is 0 Å². The van der Waals surface area contributed by atoms with E-state index in [1.807, 2.05) is 6.92 Å². The highest BCUT2D eigenvalue weighted by Crippen LogP contribution is 2.09. The van der Waals surface area contributed by atoms with Crippen LogP contribution in [0.25, 0.3) is 0 Å². The summed E-state index contributed by atoms with van der Waals surface area (Å²) in [6, 6.07) is 2.02. The summed E-state index contributed by atoms with van der Waals surface area (Å²) >= 11 is 0. The highest BCUT2D eigenvalue weighted by molar-refractivity contribution is 5.92. The van der Waals surface area contributed by atoms with E-state index in [2.05, 4.69) is 43.2 Å². The van der Waals surface area contributed by atoms with Gasteiger partial charge in [-0.1, -0.05) is 32.9 Å². The van der Waals surface area contributed by atoms with E-state index in [0.29, 0.717) is 24.2 Å². The standard InChI is InChI=1S/C14H25N3O2/c1-6-11-8-12(16-19-11)14(18)15-9-13(10(3)4)17(5)7-2/h8,10,13H,6-7,9H2,1-5H3,(H,15,18). The smallest absolute Gasteiger partial charge is 0.273 e. The lowest BCUT2D eigenvalue weighted by molar-refractivity contribution is 0.0920. The van der Waals surface area contributed by atoms with E-state index in [0.717, 1.165) is 18.7 Å². The van der Waals surface area contributed by atoms with E-state index in [-0.39, 0.29) is 5.91 Å². The summed E-state index contributed by atoms with van der Waals surface area (Å²) in [5, 5.41) is 6.70. The van der Waals surface area contributed by atoms with Crippen molar-refractivity contribution in [1.29, 1.82) is 0 Å². The molecule has 0 radical (unpaired) electrons. The molecule has 1 unspecified atom stereocenters. The van der Waals surface area contributed by atoms with Gasteiger partial charge in [0, 0.05) is 25.1 Å². The van der Waals surface area contributed by atoms with Gasteiger partial charge in [-0.3, -0.25) is 4.79 Å². The summed E-state index contributed by atoms with van der Waals surface area (Å²) in [7, 11) is 2.07. The quantitative estimate of drug-likeness (QED) is 0.820. The second-order valence-corrected chi connectivity index (χ2v) is 5.13. The molecule has 1 aromatic heterocycles. The van der Waals surface area contributed by atoms with E-state index in [1.165, 1.54) is 0 Å². The fourth-order valence-corrected chi connectivity index (χ4v) is 2.01. The number of likely N-dealkylation sites (N-methyl/N-ethyl adjacent to an activating group) is 1. The van der Waals surface area contributed by atoms with Crippen molar-refractivity contribution < 1.29 is 9.32 Å². The Kier molecular flexibility index (Phi) is 6.02. The van der Waals surface area contributed by atoms with E-state index in [9.17, 15) is 4.79 Å². The molecule has 1 amide bonds. The molecule has 0 saturated heterocycles. The third kappa shape index (κ3) is 4.35. The molecule has 1 heterocycles. The van der Waals surface area contributed by atoms with Gasteiger partial charge in [0.05, 0.1) is 0 Å². The van der Waals surface area contributed by atoms with Crippen LogP contribution in [0.3, 0.4) is 0 Å². The van der Waals surface area contributed by atoms with Crippen LogP contribution in [0.5, 0.6) is 0 Å². The summed E-state index contributed by atoms with van der Waals surface area (Å²) in [4.78, 5) is 14.2. The molecule has 1 aromatic rings. The molecule has 0 aliphatic carbocycles. The van der Waals surface area contributed by atoms with Crippen LogP contribution in [-0.4, -0.2) is 42.1 Å². The molecular formula is C14H25N3O2. The number of amides is 1. The number of aromatic nitrogens is 1.